The molecular weight excluding hydrogens is 244 g/mol. The SMILES string of the molecule is CCC(NC(=O)COCC(=O)O)c1nccs1. The summed E-state index contributed by atoms with van der Waals surface area (Å²) in [6, 6.07) is -0.143. The van der Waals surface area contributed by atoms with Crippen LogP contribution in [0.4, 0.5) is 0 Å². The predicted octanol–water partition coefficient (Wildman–Crippen LogP) is 0.812. The van der Waals surface area contributed by atoms with E-state index in [1.165, 1.54) is 11.3 Å². The van der Waals surface area contributed by atoms with Gasteiger partial charge in [-0.2, -0.15) is 0 Å². The zero-order chi connectivity index (χ0) is 12.7. The highest BCUT2D eigenvalue weighted by atomic mass is 32.1. The second-order valence-electron chi connectivity index (χ2n) is 3.29. The summed E-state index contributed by atoms with van der Waals surface area (Å²) in [6.45, 7) is 1.21. The van der Waals surface area contributed by atoms with Gasteiger partial charge in [0, 0.05) is 11.6 Å². The first-order valence-corrected chi connectivity index (χ1v) is 5.99. The number of hydrogen-bond donors (Lipinski definition) is 2. The Morgan fingerprint density at radius 1 is 1.59 bits per heavy atom. The number of aromatic nitrogens is 1. The average molecular weight is 258 g/mol. The first kappa shape index (κ1) is 13.6. The van der Waals surface area contributed by atoms with Crippen LogP contribution in [0.5, 0.6) is 0 Å². The van der Waals surface area contributed by atoms with Crippen molar-refractivity contribution in [3.63, 3.8) is 0 Å². The number of carbonyl (C=O) groups is 2. The quantitative estimate of drug-likeness (QED) is 0.755. The highest BCUT2D eigenvalue weighted by Crippen LogP contribution is 2.18. The summed E-state index contributed by atoms with van der Waals surface area (Å²) in [5, 5.41) is 13.7. The van der Waals surface area contributed by atoms with Crippen molar-refractivity contribution in [1.29, 1.82) is 0 Å². The minimum atomic E-state index is -1.09. The number of carbonyl (C=O) groups excluding carboxylic acids is 1. The zero-order valence-electron chi connectivity index (χ0n) is 9.38. The first-order valence-electron chi connectivity index (χ1n) is 5.11. The van der Waals surface area contributed by atoms with Crippen LogP contribution in [0.25, 0.3) is 0 Å². The Labute approximate surface area is 103 Å². The number of carboxylic acid groups (broad SMARTS) is 1. The maximum absolute atomic E-state index is 11.4. The van der Waals surface area contributed by atoms with Crippen LogP contribution in [0.15, 0.2) is 11.6 Å². The lowest BCUT2D eigenvalue weighted by atomic mass is 10.2. The van der Waals surface area contributed by atoms with Gasteiger partial charge in [0.2, 0.25) is 5.91 Å². The van der Waals surface area contributed by atoms with Gasteiger partial charge in [-0.25, -0.2) is 9.78 Å². The molecule has 0 saturated carbocycles. The number of amides is 1. The topological polar surface area (TPSA) is 88.5 Å². The number of hydrogen-bond acceptors (Lipinski definition) is 5. The van der Waals surface area contributed by atoms with E-state index >= 15 is 0 Å². The van der Waals surface area contributed by atoms with Gasteiger partial charge in [0.1, 0.15) is 18.2 Å². The van der Waals surface area contributed by atoms with Crippen molar-refractivity contribution >= 4 is 23.2 Å². The van der Waals surface area contributed by atoms with Gasteiger partial charge in [-0.3, -0.25) is 4.79 Å². The second-order valence-corrected chi connectivity index (χ2v) is 4.21. The zero-order valence-corrected chi connectivity index (χ0v) is 10.2. The largest absolute Gasteiger partial charge is 0.480 e. The molecule has 1 heterocycles. The third kappa shape index (κ3) is 4.92. The molecule has 1 amide bonds. The van der Waals surface area contributed by atoms with Crippen LogP contribution in [0.2, 0.25) is 0 Å². The van der Waals surface area contributed by atoms with Gasteiger partial charge in [0.25, 0.3) is 0 Å². The molecule has 94 valence electrons. The Hall–Kier alpha value is -1.47. The summed E-state index contributed by atoms with van der Waals surface area (Å²) in [6.07, 6.45) is 2.40. The first-order chi connectivity index (χ1) is 8.13. The third-order valence-corrected chi connectivity index (χ3v) is 2.84. The van der Waals surface area contributed by atoms with Gasteiger partial charge in [-0.05, 0) is 6.42 Å². The van der Waals surface area contributed by atoms with Crippen molar-refractivity contribution < 1.29 is 19.4 Å². The van der Waals surface area contributed by atoms with Crippen LogP contribution in [0, 0.1) is 0 Å². The number of aliphatic carboxylic acids is 1. The molecule has 0 saturated heterocycles. The molecule has 17 heavy (non-hydrogen) atoms. The summed E-state index contributed by atoms with van der Waals surface area (Å²) < 4.78 is 4.69. The van der Waals surface area contributed by atoms with Crippen LogP contribution in [0.1, 0.15) is 24.4 Å². The van der Waals surface area contributed by atoms with Crippen molar-refractivity contribution in [2.75, 3.05) is 13.2 Å². The standard InChI is InChI=1S/C10H14N2O4S/c1-2-7(10-11-3-4-17-10)12-8(13)5-16-6-9(14)15/h3-4,7H,2,5-6H2,1H3,(H,12,13)(H,14,15). The van der Waals surface area contributed by atoms with E-state index in [9.17, 15) is 9.59 Å². The van der Waals surface area contributed by atoms with E-state index in [0.29, 0.717) is 0 Å². The van der Waals surface area contributed by atoms with Crippen LogP contribution in [-0.2, 0) is 14.3 Å². The van der Waals surface area contributed by atoms with Crippen molar-refractivity contribution in [2.24, 2.45) is 0 Å². The monoisotopic (exact) mass is 258 g/mol. The van der Waals surface area contributed by atoms with E-state index in [2.05, 4.69) is 10.3 Å². The van der Waals surface area contributed by atoms with E-state index in [-0.39, 0.29) is 18.6 Å². The summed E-state index contributed by atoms with van der Waals surface area (Å²) in [7, 11) is 0. The molecule has 7 heteroatoms. The molecule has 1 unspecified atom stereocenters. The Morgan fingerprint density at radius 2 is 2.35 bits per heavy atom. The number of thiazole rings is 1. The lowest BCUT2D eigenvalue weighted by molar-refractivity contribution is -0.143. The molecule has 0 aliphatic rings. The molecular formula is C10H14N2O4S. The number of carboxylic acids is 1. The molecule has 0 aromatic carbocycles. The van der Waals surface area contributed by atoms with Crippen molar-refractivity contribution in [2.45, 2.75) is 19.4 Å². The van der Waals surface area contributed by atoms with Gasteiger partial charge in [0.15, 0.2) is 0 Å². The summed E-state index contributed by atoms with van der Waals surface area (Å²) >= 11 is 1.47. The molecule has 0 fully saturated rings. The fourth-order valence-corrected chi connectivity index (χ4v) is 1.98. The lowest BCUT2D eigenvalue weighted by Crippen LogP contribution is -2.32. The van der Waals surface area contributed by atoms with Crippen LogP contribution in [0.3, 0.4) is 0 Å². The molecule has 1 rings (SSSR count). The van der Waals surface area contributed by atoms with E-state index < -0.39 is 12.6 Å². The smallest absolute Gasteiger partial charge is 0.329 e. The minimum Gasteiger partial charge on any atom is -0.480 e. The normalized spacial score (nSPS) is 12.1. The predicted molar refractivity (Wildman–Crippen MR) is 61.7 cm³/mol. The van der Waals surface area contributed by atoms with E-state index in [0.717, 1.165) is 11.4 Å². The second kappa shape index (κ2) is 6.97. The summed E-state index contributed by atoms with van der Waals surface area (Å²) in [4.78, 5) is 25.7. The highest BCUT2D eigenvalue weighted by molar-refractivity contribution is 7.09. The highest BCUT2D eigenvalue weighted by Gasteiger charge is 2.14. The number of ether oxygens (including phenoxy) is 1. The van der Waals surface area contributed by atoms with Crippen molar-refractivity contribution in [3.8, 4) is 0 Å². The fourth-order valence-electron chi connectivity index (χ4n) is 1.21. The van der Waals surface area contributed by atoms with Crippen molar-refractivity contribution in [3.05, 3.63) is 16.6 Å². The van der Waals surface area contributed by atoms with Crippen LogP contribution in [-0.4, -0.2) is 35.2 Å². The molecule has 0 aliphatic carbocycles. The minimum absolute atomic E-state index is 0.143. The van der Waals surface area contributed by atoms with E-state index in [4.69, 9.17) is 9.84 Å². The Bertz CT molecular complexity index is 366. The van der Waals surface area contributed by atoms with Crippen LogP contribution >= 0.6 is 11.3 Å². The molecule has 0 spiro atoms. The van der Waals surface area contributed by atoms with Crippen molar-refractivity contribution in [1.82, 2.24) is 10.3 Å². The number of nitrogens with zero attached hydrogens (tertiary/aromatic N) is 1. The van der Waals surface area contributed by atoms with E-state index in [1.54, 1.807) is 6.20 Å². The average Bonchev–Trinajstić information content (AvgIpc) is 2.78. The maximum atomic E-state index is 11.4. The molecule has 1 atom stereocenters. The molecule has 0 bridgehead atoms. The Balaban J connectivity index is 2.36. The number of nitrogens with one attached hydrogen (secondary N) is 1. The van der Waals surface area contributed by atoms with Gasteiger partial charge in [-0.1, -0.05) is 6.92 Å². The molecule has 1 aromatic heterocycles. The summed E-state index contributed by atoms with van der Waals surface area (Å²) in [5.74, 6) is -1.43. The molecule has 1 aromatic rings. The molecule has 6 nitrogen and oxygen atoms in total. The molecule has 0 radical (unpaired) electrons. The maximum Gasteiger partial charge on any atom is 0.329 e. The van der Waals surface area contributed by atoms with E-state index in [1.807, 2.05) is 12.3 Å². The number of rotatable bonds is 7. The van der Waals surface area contributed by atoms with Crippen LogP contribution < -0.4 is 5.32 Å². The lowest BCUT2D eigenvalue weighted by Gasteiger charge is -2.14. The Kier molecular flexibility index (Phi) is 5.58. The fraction of sp³-hybridized carbons (Fsp3) is 0.500. The third-order valence-electron chi connectivity index (χ3n) is 1.95. The molecule has 2 N–H and O–H groups in total. The van der Waals surface area contributed by atoms with Gasteiger partial charge in [-0.15, -0.1) is 11.3 Å². The van der Waals surface area contributed by atoms with Gasteiger partial charge in [0.05, 0.1) is 6.04 Å². The van der Waals surface area contributed by atoms with Gasteiger partial charge >= 0.3 is 5.97 Å². The Morgan fingerprint density at radius 3 is 2.88 bits per heavy atom. The summed E-state index contributed by atoms with van der Waals surface area (Å²) in [5.41, 5.74) is 0. The van der Waals surface area contributed by atoms with Gasteiger partial charge < -0.3 is 15.2 Å². The molecule has 0 aliphatic heterocycles.